The maximum atomic E-state index is 12.2. The smallest absolute Gasteiger partial charge is 0.251 e. The Hall–Kier alpha value is -3.33. The van der Waals surface area contributed by atoms with Gasteiger partial charge in [0.25, 0.3) is 5.91 Å². The lowest BCUT2D eigenvalue weighted by atomic mass is 10.1. The molecule has 0 atom stereocenters. The number of hydrogen-bond donors (Lipinski definition) is 2. The molecule has 0 saturated heterocycles. The van der Waals surface area contributed by atoms with E-state index in [4.69, 9.17) is 10.00 Å². The van der Waals surface area contributed by atoms with Gasteiger partial charge in [0.15, 0.2) is 0 Å². The molecule has 3 rings (SSSR count). The summed E-state index contributed by atoms with van der Waals surface area (Å²) < 4.78 is 5.54. The number of carbonyl (C=O) groups is 1. The lowest BCUT2D eigenvalue weighted by Gasteiger charge is -2.14. The lowest BCUT2D eigenvalue weighted by molar-refractivity contribution is 0.0947. The molecule has 0 saturated carbocycles. The highest BCUT2D eigenvalue weighted by Crippen LogP contribution is 2.12. The molecule has 1 amide bonds. The molecule has 6 heteroatoms. The van der Waals surface area contributed by atoms with E-state index in [2.05, 4.69) is 21.7 Å². The number of benzene rings is 2. The van der Waals surface area contributed by atoms with Gasteiger partial charge in [-0.1, -0.05) is 18.2 Å². The third-order valence-electron chi connectivity index (χ3n) is 3.94. The molecule has 6 nitrogen and oxygen atoms in total. The van der Waals surface area contributed by atoms with Crippen molar-refractivity contribution in [2.45, 2.75) is 6.42 Å². The van der Waals surface area contributed by atoms with Crippen LogP contribution in [-0.2, 0) is 0 Å². The van der Waals surface area contributed by atoms with E-state index in [1.165, 1.54) is 0 Å². The summed E-state index contributed by atoms with van der Waals surface area (Å²) in [5.74, 6) is 1.35. The van der Waals surface area contributed by atoms with Gasteiger partial charge in [-0.25, -0.2) is 0 Å². The second-order valence-electron chi connectivity index (χ2n) is 5.83. The molecule has 1 aliphatic rings. The normalized spacial score (nSPS) is 13.1. The van der Waals surface area contributed by atoms with Crippen LogP contribution in [-0.4, -0.2) is 38.0 Å². The summed E-state index contributed by atoms with van der Waals surface area (Å²) in [5, 5.41) is 14.9. The van der Waals surface area contributed by atoms with Gasteiger partial charge < -0.3 is 15.4 Å². The first-order valence-electron chi connectivity index (χ1n) is 8.56. The van der Waals surface area contributed by atoms with Crippen molar-refractivity contribution in [2.75, 3.05) is 26.2 Å². The molecule has 0 unspecified atom stereocenters. The molecule has 0 aliphatic carbocycles. The lowest BCUT2D eigenvalue weighted by Crippen LogP contribution is -2.30. The van der Waals surface area contributed by atoms with Crippen LogP contribution in [0.5, 0.6) is 5.75 Å². The molecule has 1 heterocycles. The predicted molar refractivity (Wildman–Crippen MR) is 99.5 cm³/mol. The number of amidine groups is 1. The van der Waals surface area contributed by atoms with E-state index < -0.39 is 0 Å². The summed E-state index contributed by atoms with van der Waals surface area (Å²) in [6, 6.07) is 16.4. The molecule has 0 bridgehead atoms. The topological polar surface area (TPSA) is 86.5 Å². The van der Waals surface area contributed by atoms with Gasteiger partial charge in [0.2, 0.25) is 0 Å². The number of ether oxygens (including phenoxy) is 1. The number of rotatable bonds is 6. The monoisotopic (exact) mass is 348 g/mol. The Kier molecular flexibility index (Phi) is 5.84. The van der Waals surface area contributed by atoms with E-state index in [9.17, 15) is 4.79 Å². The van der Waals surface area contributed by atoms with Gasteiger partial charge >= 0.3 is 0 Å². The predicted octanol–water partition coefficient (Wildman–Crippen LogP) is 2.11. The van der Waals surface area contributed by atoms with Crippen molar-refractivity contribution in [3.05, 3.63) is 65.2 Å². The van der Waals surface area contributed by atoms with Gasteiger partial charge in [0.05, 0.1) is 18.2 Å². The highest BCUT2D eigenvalue weighted by Gasteiger charge is 2.09. The van der Waals surface area contributed by atoms with Crippen LogP contribution in [0.2, 0.25) is 0 Å². The van der Waals surface area contributed by atoms with E-state index in [1.54, 1.807) is 36.4 Å². The number of carbonyl (C=O) groups excluding carboxylic acids is 1. The van der Waals surface area contributed by atoms with Gasteiger partial charge in [-0.05, 0) is 36.8 Å². The largest absolute Gasteiger partial charge is 0.492 e. The van der Waals surface area contributed by atoms with E-state index in [1.807, 2.05) is 12.1 Å². The summed E-state index contributed by atoms with van der Waals surface area (Å²) in [6.45, 7) is 2.48. The van der Waals surface area contributed by atoms with Gasteiger partial charge in [-0.15, -0.1) is 0 Å². The first-order chi connectivity index (χ1) is 12.8. The van der Waals surface area contributed by atoms with Gasteiger partial charge in [-0.2, -0.15) is 5.26 Å². The number of aliphatic imine (C=N–C) groups is 1. The fourth-order valence-electron chi connectivity index (χ4n) is 2.60. The number of amides is 1. The van der Waals surface area contributed by atoms with E-state index >= 15 is 0 Å². The molecule has 0 fully saturated rings. The third kappa shape index (κ3) is 4.61. The minimum absolute atomic E-state index is 0.149. The molecule has 0 spiro atoms. The first-order valence-corrected chi connectivity index (χ1v) is 8.56. The van der Waals surface area contributed by atoms with Crippen LogP contribution in [0, 0.1) is 11.3 Å². The van der Waals surface area contributed by atoms with Crippen molar-refractivity contribution in [3.63, 3.8) is 0 Å². The highest BCUT2D eigenvalue weighted by molar-refractivity contribution is 6.00. The number of hydrogen-bond acceptors (Lipinski definition) is 5. The van der Waals surface area contributed by atoms with Crippen molar-refractivity contribution >= 4 is 11.7 Å². The van der Waals surface area contributed by atoms with Gasteiger partial charge in [0.1, 0.15) is 18.2 Å². The average Bonchev–Trinajstić information content (AvgIpc) is 2.72. The molecule has 2 N–H and O–H groups in total. The minimum Gasteiger partial charge on any atom is -0.492 e. The molecule has 1 aliphatic heterocycles. The summed E-state index contributed by atoms with van der Waals surface area (Å²) >= 11 is 0. The standard InChI is InChI=1S/C20H20N4O2/c21-14-15-3-1-4-18(13-15)26-12-11-24-20(25)17-7-5-16(6-8-17)19-22-9-2-10-23-19/h1,3-8,13H,2,9-12H2,(H,22,23)(H,24,25). The Morgan fingerprint density at radius 2 is 2.12 bits per heavy atom. The number of nitrogens with one attached hydrogen (secondary N) is 2. The van der Waals surface area contributed by atoms with Crippen molar-refractivity contribution in [3.8, 4) is 11.8 Å². The zero-order valence-electron chi connectivity index (χ0n) is 14.4. The molecule has 0 aromatic heterocycles. The molecule has 0 radical (unpaired) electrons. The van der Waals surface area contributed by atoms with Gasteiger partial charge in [0, 0.05) is 24.2 Å². The fraction of sp³-hybridized carbons (Fsp3) is 0.250. The second-order valence-corrected chi connectivity index (χ2v) is 5.83. The number of nitrogens with zero attached hydrogens (tertiary/aromatic N) is 2. The van der Waals surface area contributed by atoms with E-state index in [-0.39, 0.29) is 5.91 Å². The van der Waals surface area contributed by atoms with Crippen molar-refractivity contribution in [2.24, 2.45) is 4.99 Å². The third-order valence-corrected chi connectivity index (χ3v) is 3.94. The van der Waals surface area contributed by atoms with Gasteiger partial charge in [-0.3, -0.25) is 9.79 Å². The van der Waals surface area contributed by atoms with Crippen molar-refractivity contribution in [1.29, 1.82) is 5.26 Å². The van der Waals surface area contributed by atoms with Crippen LogP contribution in [0.1, 0.15) is 27.9 Å². The Balaban J connectivity index is 1.47. The minimum atomic E-state index is -0.149. The van der Waals surface area contributed by atoms with Crippen molar-refractivity contribution < 1.29 is 9.53 Å². The van der Waals surface area contributed by atoms with Crippen LogP contribution < -0.4 is 15.4 Å². The maximum absolute atomic E-state index is 12.2. The first kappa shape index (κ1) is 17.5. The molecular formula is C20H20N4O2. The molecule has 2 aromatic carbocycles. The van der Waals surface area contributed by atoms with Crippen LogP contribution in [0.3, 0.4) is 0 Å². The van der Waals surface area contributed by atoms with Crippen molar-refractivity contribution in [1.82, 2.24) is 10.6 Å². The molecule has 132 valence electrons. The zero-order valence-corrected chi connectivity index (χ0v) is 14.4. The molecular weight excluding hydrogens is 328 g/mol. The van der Waals surface area contributed by atoms with E-state index in [0.29, 0.717) is 30.0 Å². The number of nitriles is 1. The SMILES string of the molecule is N#Cc1cccc(OCCNC(=O)c2ccc(C3=NCCCN3)cc2)c1. The highest BCUT2D eigenvalue weighted by atomic mass is 16.5. The summed E-state index contributed by atoms with van der Waals surface area (Å²) in [6.07, 6.45) is 1.05. The Morgan fingerprint density at radius 1 is 1.27 bits per heavy atom. The fourth-order valence-corrected chi connectivity index (χ4v) is 2.60. The quantitative estimate of drug-likeness (QED) is 0.783. The molecule has 26 heavy (non-hydrogen) atoms. The Morgan fingerprint density at radius 3 is 2.85 bits per heavy atom. The van der Waals surface area contributed by atoms with Crippen LogP contribution in [0.4, 0.5) is 0 Å². The maximum Gasteiger partial charge on any atom is 0.251 e. The summed E-state index contributed by atoms with van der Waals surface area (Å²) in [7, 11) is 0. The summed E-state index contributed by atoms with van der Waals surface area (Å²) in [5.41, 5.74) is 2.13. The Labute approximate surface area is 152 Å². The second kappa shape index (κ2) is 8.67. The summed E-state index contributed by atoms with van der Waals surface area (Å²) in [4.78, 5) is 16.6. The molecule has 2 aromatic rings. The van der Waals surface area contributed by atoms with Crippen LogP contribution in [0.25, 0.3) is 0 Å². The average molecular weight is 348 g/mol. The van der Waals surface area contributed by atoms with E-state index in [0.717, 1.165) is 30.9 Å². The Bertz CT molecular complexity index is 838. The van der Waals surface area contributed by atoms with Crippen LogP contribution in [0.15, 0.2) is 53.5 Å². The zero-order chi connectivity index (χ0) is 18.2. The van der Waals surface area contributed by atoms with Crippen LogP contribution >= 0.6 is 0 Å².